The summed E-state index contributed by atoms with van der Waals surface area (Å²) in [5.41, 5.74) is 0. The van der Waals surface area contributed by atoms with Crippen LogP contribution in [0.1, 0.15) is 12.7 Å². The molecule has 4 heteroatoms. The molecule has 0 aromatic carbocycles. The van der Waals surface area contributed by atoms with E-state index in [4.69, 9.17) is 4.74 Å². The van der Waals surface area contributed by atoms with Gasteiger partial charge in [-0.3, -0.25) is 0 Å². The van der Waals surface area contributed by atoms with Crippen LogP contribution < -0.4 is 10.1 Å². The molecule has 0 aliphatic carbocycles. The van der Waals surface area contributed by atoms with E-state index in [1.807, 2.05) is 13.8 Å². The van der Waals surface area contributed by atoms with Crippen molar-refractivity contribution < 1.29 is 4.74 Å². The molecule has 0 saturated carbocycles. The van der Waals surface area contributed by atoms with Crippen molar-refractivity contribution in [3.63, 3.8) is 0 Å². The number of rotatable bonds is 5. The molecule has 0 radical (unpaired) electrons. The van der Waals surface area contributed by atoms with Gasteiger partial charge in [-0.2, -0.15) is 4.98 Å². The van der Waals surface area contributed by atoms with Crippen LogP contribution in [0, 0.1) is 6.92 Å². The van der Waals surface area contributed by atoms with E-state index in [0.29, 0.717) is 24.9 Å². The lowest BCUT2D eigenvalue weighted by atomic mass is 10.5. The van der Waals surface area contributed by atoms with E-state index in [1.165, 1.54) is 0 Å². The number of nitrogens with zero attached hydrogens (tertiary/aromatic N) is 2. The van der Waals surface area contributed by atoms with Crippen molar-refractivity contribution in [1.82, 2.24) is 9.97 Å². The molecule has 0 fully saturated rings. The smallest absolute Gasteiger partial charge is 0.218 e. The highest BCUT2D eigenvalue weighted by Crippen LogP contribution is 2.12. The molecule has 76 valence electrons. The molecular weight excluding hydrogens is 178 g/mol. The Kier molecular flexibility index (Phi) is 3.91. The van der Waals surface area contributed by atoms with Crippen LogP contribution >= 0.6 is 0 Å². The zero-order valence-corrected chi connectivity index (χ0v) is 8.58. The van der Waals surface area contributed by atoms with Crippen LogP contribution in [0.2, 0.25) is 0 Å². The number of anilines is 1. The van der Waals surface area contributed by atoms with E-state index in [0.717, 1.165) is 5.82 Å². The first-order valence-electron chi connectivity index (χ1n) is 4.59. The molecule has 0 unspecified atom stereocenters. The third-order valence-corrected chi connectivity index (χ3v) is 1.53. The second kappa shape index (κ2) is 5.21. The van der Waals surface area contributed by atoms with Crippen LogP contribution in [0.5, 0.6) is 5.88 Å². The summed E-state index contributed by atoms with van der Waals surface area (Å²) < 4.78 is 5.29. The molecule has 0 spiro atoms. The number of hydrogen-bond acceptors (Lipinski definition) is 4. The van der Waals surface area contributed by atoms with Crippen molar-refractivity contribution in [3.05, 3.63) is 24.5 Å². The van der Waals surface area contributed by atoms with Crippen molar-refractivity contribution in [2.24, 2.45) is 0 Å². The van der Waals surface area contributed by atoms with Gasteiger partial charge in [-0.1, -0.05) is 6.08 Å². The Morgan fingerprint density at radius 3 is 3.00 bits per heavy atom. The molecule has 1 N–H and O–H groups in total. The van der Waals surface area contributed by atoms with Crippen LogP contribution in [0.25, 0.3) is 0 Å². The van der Waals surface area contributed by atoms with Crippen LogP contribution in [0.15, 0.2) is 18.7 Å². The van der Waals surface area contributed by atoms with E-state index in [2.05, 4.69) is 21.9 Å². The molecular formula is C10H15N3O. The van der Waals surface area contributed by atoms with Crippen molar-refractivity contribution >= 4 is 5.82 Å². The summed E-state index contributed by atoms with van der Waals surface area (Å²) in [6.07, 6.45) is 1.78. The average molecular weight is 193 g/mol. The predicted octanol–water partition coefficient (Wildman–Crippen LogP) is 1.78. The predicted molar refractivity (Wildman–Crippen MR) is 56.6 cm³/mol. The molecule has 1 aromatic rings. The van der Waals surface area contributed by atoms with Crippen LogP contribution in [0.3, 0.4) is 0 Å². The average Bonchev–Trinajstić information content (AvgIpc) is 2.14. The van der Waals surface area contributed by atoms with Crippen LogP contribution in [-0.2, 0) is 0 Å². The fraction of sp³-hybridized carbons (Fsp3) is 0.400. The topological polar surface area (TPSA) is 47.0 Å². The summed E-state index contributed by atoms with van der Waals surface area (Å²) in [4.78, 5) is 8.34. The van der Waals surface area contributed by atoms with Gasteiger partial charge < -0.3 is 10.1 Å². The number of aryl methyl sites for hydroxylation is 1. The van der Waals surface area contributed by atoms with Gasteiger partial charge in [0.15, 0.2) is 0 Å². The third-order valence-electron chi connectivity index (χ3n) is 1.53. The molecule has 0 saturated heterocycles. The standard InChI is InChI=1S/C10H15N3O/c1-4-6-11-9-7-10(14-5-2)13-8(3)12-9/h4,7H,1,5-6H2,2-3H3,(H,11,12,13). The van der Waals surface area contributed by atoms with Gasteiger partial charge in [0, 0.05) is 12.6 Å². The van der Waals surface area contributed by atoms with Gasteiger partial charge in [-0.25, -0.2) is 4.98 Å². The van der Waals surface area contributed by atoms with Gasteiger partial charge in [0.1, 0.15) is 11.6 Å². The quantitative estimate of drug-likeness (QED) is 0.724. The monoisotopic (exact) mass is 193 g/mol. The van der Waals surface area contributed by atoms with E-state index in [1.54, 1.807) is 12.1 Å². The Morgan fingerprint density at radius 1 is 1.57 bits per heavy atom. The zero-order valence-electron chi connectivity index (χ0n) is 8.58. The maximum Gasteiger partial charge on any atom is 0.218 e. The largest absolute Gasteiger partial charge is 0.478 e. The fourth-order valence-corrected chi connectivity index (χ4v) is 1.03. The van der Waals surface area contributed by atoms with Gasteiger partial charge in [0.25, 0.3) is 0 Å². The minimum absolute atomic E-state index is 0.603. The second-order valence-electron chi connectivity index (χ2n) is 2.74. The maximum atomic E-state index is 5.29. The number of ether oxygens (including phenoxy) is 1. The minimum Gasteiger partial charge on any atom is -0.478 e. The van der Waals surface area contributed by atoms with E-state index < -0.39 is 0 Å². The molecule has 0 amide bonds. The van der Waals surface area contributed by atoms with Crippen molar-refractivity contribution in [2.75, 3.05) is 18.5 Å². The Bertz CT molecular complexity index is 312. The lowest BCUT2D eigenvalue weighted by Gasteiger charge is -2.06. The SMILES string of the molecule is C=CCNc1cc(OCC)nc(C)n1. The van der Waals surface area contributed by atoms with Gasteiger partial charge in [-0.05, 0) is 13.8 Å². The first kappa shape index (κ1) is 10.5. The van der Waals surface area contributed by atoms with Crippen LogP contribution in [-0.4, -0.2) is 23.1 Å². The van der Waals surface area contributed by atoms with Crippen molar-refractivity contribution in [3.8, 4) is 5.88 Å². The highest BCUT2D eigenvalue weighted by Gasteiger charge is 2.00. The van der Waals surface area contributed by atoms with E-state index >= 15 is 0 Å². The van der Waals surface area contributed by atoms with Gasteiger partial charge in [0.2, 0.25) is 5.88 Å². The van der Waals surface area contributed by atoms with Gasteiger partial charge in [0.05, 0.1) is 6.61 Å². The highest BCUT2D eigenvalue weighted by molar-refractivity contribution is 5.38. The molecule has 0 atom stereocenters. The Labute approximate surface area is 84.0 Å². The highest BCUT2D eigenvalue weighted by atomic mass is 16.5. The summed E-state index contributed by atoms with van der Waals surface area (Å²) >= 11 is 0. The summed E-state index contributed by atoms with van der Waals surface area (Å²) in [5.74, 6) is 2.06. The molecule has 1 heterocycles. The number of hydrogen-bond donors (Lipinski definition) is 1. The first-order valence-corrected chi connectivity index (χ1v) is 4.59. The number of aromatic nitrogens is 2. The summed E-state index contributed by atoms with van der Waals surface area (Å²) in [7, 11) is 0. The van der Waals surface area contributed by atoms with Crippen LogP contribution in [0.4, 0.5) is 5.82 Å². The Balaban J connectivity index is 2.77. The molecule has 14 heavy (non-hydrogen) atoms. The van der Waals surface area contributed by atoms with E-state index in [-0.39, 0.29) is 0 Å². The minimum atomic E-state index is 0.603. The molecule has 1 aromatic heterocycles. The van der Waals surface area contributed by atoms with Crippen molar-refractivity contribution in [2.45, 2.75) is 13.8 Å². The Morgan fingerprint density at radius 2 is 2.36 bits per heavy atom. The first-order chi connectivity index (χ1) is 6.76. The summed E-state index contributed by atoms with van der Waals surface area (Å²) in [5, 5.41) is 3.08. The Hall–Kier alpha value is -1.58. The van der Waals surface area contributed by atoms with Crippen molar-refractivity contribution in [1.29, 1.82) is 0 Å². The molecule has 0 aliphatic heterocycles. The lowest BCUT2D eigenvalue weighted by molar-refractivity contribution is 0.325. The fourth-order valence-electron chi connectivity index (χ4n) is 1.03. The molecule has 0 aliphatic rings. The summed E-state index contributed by atoms with van der Waals surface area (Å²) in [6.45, 7) is 8.67. The lowest BCUT2D eigenvalue weighted by Crippen LogP contribution is -2.04. The number of nitrogens with one attached hydrogen (secondary N) is 1. The van der Waals surface area contributed by atoms with E-state index in [9.17, 15) is 0 Å². The molecule has 4 nitrogen and oxygen atoms in total. The second-order valence-corrected chi connectivity index (χ2v) is 2.74. The van der Waals surface area contributed by atoms with Gasteiger partial charge >= 0.3 is 0 Å². The summed E-state index contributed by atoms with van der Waals surface area (Å²) in [6, 6.07) is 1.78. The third kappa shape index (κ3) is 3.05. The zero-order chi connectivity index (χ0) is 10.4. The molecule has 0 bridgehead atoms. The maximum absolute atomic E-state index is 5.29. The molecule has 1 rings (SSSR count). The van der Waals surface area contributed by atoms with Gasteiger partial charge in [-0.15, -0.1) is 6.58 Å². The normalized spacial score (nSPS) is 9.57.